The van der Waals surface area contributed by atoms with Crippen molar-refractivity contribution in [1.82, 2.24) is 4.57 Å². The van der Waals surface area contributed by atoms with Crippen molar-refractivity contribution in [3.63, 3.8) is 0 Å². The van der Waals surface area contributed by atoms with Crippen LogP contribution in [0.2, 0.25) is 0 Å². The van der Waals surface area contributed by atoms with E-state index in [0.29, 0.717) is 0 Å². The van der Waals surface area contributed by atoms with E-state index in [1.165, 1.54) is 27.8 Å². The first-order valence-corrected chi connectivity index (χ1v) is 7.15. The van der Waals surface area contributed by atoms with Gasteiger partial charge < -0.3 is 4.57 Å². The number of nitrogens with zero attached hydrogens (tertiary/aromatic N) is 1. The number of para-hydroxylation sites is 2. The lowest BCUT2D eigenvalue weighted by molar-refractivity contribution is 1.10. The summed E-state index contributed by atoms with van der Waals surface area (Å²) in [6.07, 6.45) is 12.7. The Morgan fingerprint density at radius 3 is 2.19 bits per heavy atom. The van der Waals surface area contributed by atoms with E-state index in [2.05, 4.69) is 95.6 Å². The molecule has 0 unspecified atom stereocenters. The minimum Gasteiger partial charge on any atom is -0.309 e. The third-order valence-electron chi connectivity index (χ3n) is 3.82. The van der Waals surface area contributed by atoms with E-state index >= 15 is 0 Å². The predicted octanol–water partition coefficient (Wildman–Crippen LogP) is 5.23. The number of allylic oxidation sites excluding steroid dienone is 4. The Balaban J connectivity index is 2.14. The predicted molar refractivity (Wildman–Crippen MR) is 90.5 cm³/mol. The van der Waals surface area contributed by atoms with Crippen molar-refractivity contribution in [2.45, 2.75) is 0 Å². The second-order valence-electron chi connectivity index (χ2n) is 5.09. The van der Waals surface area contributed by atoms with Crippen molar-refractivity contribution in [2.24, 2.45) is 0 Å². The molecule has 1 aliphatic rings. The smallest absolute Gasteiger partial charge is 0.0541 e. The van der Waals surface area contributed by atoms with Gasteiger partial charge in [0.1, 0.15) is 0 Å². The molecule has 0 bridgehead atoms. The van der Waals surface area contributed by atoms with Gasteiger partial charge in [0, 0.05) is 16.6 Å². The molecule has 21 heavy (non-hydrogen) atoms. The molecule has 0 atom stereocenters. The van der Waals surface area contributed by atoms with Crippen LogP contribution in [-0.4, -0.2) is 4.57 Å². The Kier molecular flexibility index (Phi) is 2.82. The Morgan fingerprint density at radius 1 is 0.619 bits per heavy atom. The Morgan fingerprint density at radius 2 is 1.33 bits per heavy atom. The molecule has 3 aromatic rings. The normalized spacial score (nSPS) is 14.7. The molecule has 2 aromatic carbocycles. The molecule has 0 spiro atoms. The van der Waals surface area contributed by atoms with Gasteiger partial charge in [-0.15, -0.1) is 0 Å². The minimum atomic E-state index is 1.19. The van der Waals surface area contributed by atoms with Gasteiger partial charge in [-0.25, -0.2) is 0 Å². The zero-order valence-electron chi connectivity index (χ0n) is 11.6. The molecule has 0 N–H and O–H groups in total. The summed E-state index contributed by atoms with van der Waals surface area (Å²) in [7, 11) is 0. The first-order valence-electron chi connectivity index (χ1n) is 7.15. The largest absolute Gasteiger partial charge is 0.309 e. The van der Waals surface area contributed by atoms with Crippen LogP contribution in [-0.2, 0) is 0 Å². The first-order chi connectivity index (χ1) is 10.4. The standard InChI is InChI=1S/C20H15N/c1-2-7-14-19-17(12-6-1)18-13-8-9-15-20(18)21(19)16-10-4-3-5-11-16/h1-15H/b2-1?,6-1?,7-2?,12-6?,14-7+,17-12?,19-14?. The second kappa shape index (κ2) is 4.95. The number of hydrogen-bond donors (Lipinski definition) is 0. The van der Waals surface area contributed by atoms with E-state index in [4.69, 9.17) is 0 Å². The fraction of sp³-hybridized carbons (Fsp3) is 0. The quantitative estimate of drug-likeness (QED) is 0.570. The van der Waals surface area contributed by atoms with Crippen LogP contribution in [0.15, 0.2) is 78.9 Å². The number of benzene rings is 2. The van der Waals surface area contributed by atoms with Gasteiger partial charge in [0.25, 0.3) is 0 Å². The second-order valence-corrected chi connectivity index (χ2v) is 5.09. The van der Waals surface area contributed by atoms with Crippen LogP contribution in [0.4, 0.5) is 0 Å². The summed E-state index contributed by atoms with van der Waals surface area (Å²) < 4.78 is 2.32. The molecule has 1 aliphatic carbocycles. The number of aromatic nitrogens is 1. The summed E-state index contributed by atoms with van der Waals surface area (Å²) in [6, 6.07) is 19.1. The molecule has 0 aliphatic heterocycles. The van der Waals surface area contributed by atoms with Crippen molar-refractivity contribution in [3.8, 4) is 5.69 Å². The van der Waals surface area contributed by atoms with Gasteiger partial charge in [-0.1, -0.05) is 66.8 Å². The van der Waals surface area contributed by atoms with Gasteiger partial charge in [-0.2, -0.15) is 0 Å². The highest BCUT2D eigenvalue weighted by molar-refractivity contribution is 5.95. The molecule has 1 aromatic heterocycles. The maximum absolute atomic E-state index is 2.32. The third kappa shape index (κ3) is 1.95. The van der Waals surface area contributed by atoms with Crippen molar-refractivity contribution in [3.05, 3.63) is 90.2 Å². The molecular formula is C20H15N. The minimum absolute atomic E-state index is 1.19. The van der Waals surface area contributed by atoms with Crippen LogP contribution in [0.25, 0.3) is 28.7 Å². The summed E-state index contributed by atoms with van der Waals surface area (Å²) in [6.45, 7) is 0. The van der Waals surface area contributed by atoms with Crippen molar-refractivity contribution in [1.29, 1.82) is 0 Å². The van der Waals surface area contributed by atoms with E-state index in [1.54, 1.807) is 0 Å². The molecule has 0 radical (unpaired) electrons. The topological polar surface area (TPSA) is 4.93 Å². The summed E-state index contributed by atoms with van der Waals surface area (Å²) in [4.78, 5) is 0. The van der Waals surface area contributed by atoms with Gasteiger partial charge in [-0.3, -0.25) is 0 Å². The maximum atomic E-state index is 2.32. The summed E-state index contributed by atoms with van der Waals surface area (Å²) >= 11 is 0. The van der Waals surface area contributed by atoms with E-state index in [9.17, 15) is 0 Å². The van der Waals surface area contributed by atoms with Crippen LogP contribution in [0.3, 0.4) is 0 Å². The number of rotatable bonds is 1. The SMILES string of the molecule is C1=C/C=C/c2c(c3ccccc3n2-c2ccccc2)C=C1. The van der Waals surface area contributed by atoms with Gasteiger partial charge in [0.15, 0.2) is 0 Å². The Labute approximate surface area is 124 Å². The summed E-state index contributed by atoms with van der Waals surface area (Å²) in [5.41, 5.74) is 4.93. The number of fused-ring (bicyclic) bond motifs is 3. The monoisotopic (exact) mass is 269 g/mol. The highest BCUT2D eigenvalue weighted by Gasteiger charge is 2.14. The van der Waals surface area contributed by atoms with Crippen molar-refractivity contribution in [2.75, 3.05) is 0 Å². The summed E-state index contributed by atoms with van der Waals surface area (Å²) in [5.74, 6) is 0. The van der Waals surface area contributed by atoms with E-state index in [-0.39, 0.29) is 0 Å². The molecular weight excluding hydrogens is 254 g/mol. The van der Waals surface area contributed by atoms with Crippen LogP contribution in [0.5, 0.6) is 0 Å². The fourth-order valence-corrected chi connectivity index (χ4v) is 2.91. The van der Waals surface area contributed by atoms with Crippen LogP contribution in [0, 0.1) is 0 Å². The highest BCUT2D eigenvalue weighted by Crippen LogP contribution is 2.32. The molecule has 4 rings (SSSR count). The maximum Gasteiger partial charge on any atom is 0.0541 e. The van der Waals surface area contributed by atoms with E-state index in [1.807, 2.05) is 0 Å². The molecule has 0 amide bonds. The molecule has 1 nitrogen and oxygen atoms in total. The van der Waals surface area contributed by atoms with E-state index in [0.717, 1.165) is 0 Å². The highest BCUT2D eigenvalue weighted by atomic mass is 15.0. The zero-order valence-corrected chi connectivity index (χ0v) is 11.6. The van der Waals surface area contributed by atoms with Crippen LogP contribution < -0.4 is 0 Å². The van der Waals surface area contributed by atoms with Crippen LogP contribution in [0.1, 0.15) is 11.3 Å². The van der Waals surface area contributed by atoms with Gasteiger partial charge in [0.05, 0.1) is 11.2 Å². The Bertz CT molecular complexity index is 877. The molecule has 0 fully saturated rings. The summed E-state index contributed by atoms with van der Waals surface area (Å²) in [5, 5.41) is 1.28. The van der Waals surface area contributed by atoms with Crippen molar-refractivity contribution < 1.29 is 0 Å². The average molecular weight is 269 g/mol. The zero-order chi connectivity index (χ0) is 14.1. The number of hydrogen-bond acceptors (Lipinski definition) is 0. The van der Waals surface area contributed by atoms with Gasteiger partial charge in [0.2, 0.25) is 0 Å². The first kappa shape index (κ1) is 12.0. The lowest BCUT2D eigenvalue weighted by atomic mass is 10.1. The lowest BCUT2D eigenvalue weighted by Gasteiger charge is -2.09. The molecule has 1 heteroatoms. The van der Waals surface area contributed by atoms with Gasteiger partial charge in [-0.05, 0) is 24.3 Å². The molecule has 100 valence electrons. The average Bonchev–Trinajstić information content (AvgIpc) is 2.81. The lowest BCUT2D eigenvalue weighted by Crippen LogP contribution is -1.96. The Hall–Kier alpha value is -2.80. The molecule has 0 saturated heterocycles. The van der Waals surface area contributed by atoms with Crippen LogP contribution >= 0.6 is 0 Å². The van der Waals surface area contributed by atoms with E-state index < -0.39 is 0 Å². The third-order valence-corrected chi connectivity index (χ3v) is 3.82. The fourth-order valence-electron chi connectivity index (χ4n) is 2.91. The molecule has 0 saturated carbocycles. The van der Waals surface area contributed by atoms with Crippen molar-refractivity contribution >= 4 is 23.1 Å². The molecule has 1 heterocycles. The van der Waals surface area contributed by atoms with Gasteiger partial charge >= 0.3 is 0 Å².